The maximum atomic E-state index is 9.36. The van der Waals surface area contributed by atoms with Crippen molar-refractivity contribution in [1.29, 1.82) is 0 Å². The van der Waals surface area contributed by atoms with Crippen LogP contribution in [0.2, 0.25) is 0 Å². The Kier molecular flexibility index (Phi) is 3.25. The largest absolute Gasteiger partial charge is 0.691 e. The van der Waals surface area contributed by atoms with E-state index in [1.807, 2.05) is 30.3 Å². The van der Waals surface area contributed by atoms with Crippen molar-refractivity contribution >= 4 is 12.0 Å². The molecule has 0 aromatic heterocycles. The molecule has 4 heteroatoms. The van der Waals surface area contributed by atoms with Crippen molar-refractivity contribution in [3.63, 3.8) is 0 Å². The highest BCUT2D eigenvalue weighted by Gasteiger charge is 1.88. The van der Waals surface area contributed by atoms with E-state index < -0.39 is 0 Å². The molecule has 0 saturated heterocycles. The van der Waals surface area contributed by atoms with Gasteiger partial charge in [-0.3, -0.25) is 5.04 Å². The molecule has 0 bridgehead atoms. The minimum absolute atomic E-state index is 0.832. The summed E-state index contributed by atoms with van der Waals surface area (Å²) in [7, 11) is 0. The van der Waals surface area contributed by atoms with Crippen LogP contribution in [0.5, 0.6) is 0 Å². The third-order valence-electron chi connectivity index (χ3n) is 0.901. The lowest BCUT2D eigenvalue weighted by molar-refractivity contribution is -0.777. The molecule has 3 nitrogen and oxygen atoms in total. The molecule has 0 N–H and O–H groups in total. The highest BCUT2D eigenvalue weighted by Crippen LogP contribution is 2.16. The Hall–Kier alpha value is -0.550. The van der Waals surface area contributed by atoms with Crippen LogP contribution in [0, 0.1) is 0 Å². The molecule has 10 heavy (non-hydrogen) atoms. The second-order valence-electron chi connectivity index (χ2n) is 1.53. The molecular weight excluding hydrogens is 152 g/mol. The molecular formula is C6H5O3S-. The predicted molar refractivity (Wildman–Crippen MR) is 34.5 cm³/mol. The van der Waals surface area contributed by atoms with Crippen LogP contribution in [0.3, 0.4) is 0 Å². The second kappa shape index (κ2) is 4.29. The van der Waals surface area contributed by atoms with Gasteiger partial charge in [0.1, 0.15) is 0 Å². The van der Waals surface area contributed by atoms with E-state index in [1.54, 1.807) is 0 Å². The van der Waals surface area contributed by atoms with Crippen LogP contribution in [-0.2, 0) is 9.37 Å². The molecule has 0 unspecified atom stereocenters. The third-order valence-corrected chi connectivity index (χ3v) is 1.49. The van der Waals surface area contributed by atoms with Crippen molar-refractivity contribution in [2.24, 2.45) is 0 Å². The van der Waals surface area contributed by atoms with Crippen molar-refractivity contribution in [2.75, 3.05) is 0 Å². The van der Waals surface area contributed by atoms with Gasteiger partial charge >= 0.3 is 0 Å². The first-order chi connectivity index (χ1) is 4.93. The van der Waals surface area contributed by atoms with E-state index >= 15 is 0 Å². The SMILES string of the molecule is [O-]OOSc1ccccc1. The Morgan fingerprint density at radius 3 is 2.50 bits per heavy atom. The topological polar surface area (TPSA) is 41.5 Å². The average Bonchev–Trinajstić information content (AvgIpc) is 2.03. The highest BCUT2D eigenvalue weighted by atomic mass is 32.2. The summed E-state index contributed by atoms with van der Waals surface area (Å²) in [5, 5.41) is 12.5. The Labute approximate surface area is 62.6 Å². The number of rotatable bonds is 3. The van der Waals surface area contributed by atoms with E-state index in [4.69, 9.17) is 0 Å². The first-order valence-electron chi connectivity index (χ1n) is 2.61. The van der Waals surface area contributed by atoms with Crippen LogP contribution in [0.4, 0.5) is 0 Å². The van der Waals surface area contributed by atoms with E-state index in [2.05, 4.69) is 9.37 Å². The summed E-state index contributed by atoms with van der Waals surface area (Å²) in [6.07, 6.45) is 0. The minimum Gasteiger partial charge on any atom is -0.691 e. The monoisotopic (exact) mass is 157 g/mol. The Balaban J connectivity index is 2.43. The lowest BCUT2D eigenvalue weighted by Crippen LogP contribution is -2.00. The molecule has 0 fully saturated rings. The zero-order valence-corrected chi connectivity index (χ0v) is 5.84. The lowest BCUT2D eigenvalue weighted by atomic mass is 10.4. The zero-order valence-electron chi connectivity index (χ0n) is 5.02. The van der Waals surface area contributed by atoms with Crippen LogP contribution >= 0.6 is 12.0 Å². The molecule has 0 aliphatic carbocycles. The van der Waals surface area contributed by atoms with Gasteiger partial charge in [0.25, 0.3) is 0 Å². The normalized spacial score (nSPS) is 9.70. The van der Waals surface area contributed by atoms with Crippen molar-refractivity contribution in [2.45, 2.75) is 4.90 Å². The second-order valence-corrected chi connectivity index (χ2v) is 2.31. The highest BCUT2D eigenvalue weighted by molar-refractivity contribution is 7.94. The maximum absolute atomic E-state index is 9.36. The summed E-state index contributed by atoms with van der Waals surface area (Å²) < 4.78 is 4.08. The van der Waals surface area contributed by atoms with E-state index in [0.29, 0.717) is 0 Å². The molecule has 1 aromatic carbocycles. The van der Waals surface area contributed by atoms with E-state index in [1.165, 1.54) is 0 Å². The molecule has 1 rings (SSSR count). The number of hydrogen-bond donors (Lipinski definition) is 0. The Bertz CT molecular complexity index is 178. The van der Waals surface area contributed by atoms with Gasteiger partial charge in [-0.25, -0.2) is 0 Å². The molecule has 0 aliphatic heterocycles. The maximum Gasteiger partial charge on any atom is 0.0674 e. The van der Waals surface area contributed by atoms with Gasteiger partial charge in [-0.05, 0) is 12.1 Å². The van der Waals surface area contributed by atoms with Gasteiger partial charge < -0.3 is 5.26 Å². The predicted octanol–water partition coefficient (Wildman–Crippen LogP) is 0.917. The number of benzene rings is 1. The van der Waals surface area contributed by atoms with Crippen molar-refractivity contribution in [3.8, 4) is 0 Å². The van der Waals surface area contributed by atoms with Gasteiger partial charge in [-0.15, -0.1) is 0 Å². The first kappa shape index (κ1) is 7.56. The molecule has 0 spiro atoms. The molecule has 0 saturated carbocycles. The minimum atomic E-state index is 0.832. The fourth-order valence-electron chi connectivity index (χ4n) is 0.529. The van der Waals surface area contributed by atoms with Crippen LogP contribution in [0.25, 0.3) is 0 Å². The average molecular weight is 157 g/mol. The van der Waals surface area contributed by atoms with Crippen molar-refractivity contribution in [1.82, 2.24) is 0 Å². The summed E-state index contributed by atoms with van der Waals surface area (Å²) in [6.45, 7) is 0. The van der Waals surface area contributed by atoms with Crippen LogP contribution in [0.15, 0.2) is 35.2 Å². The van der Waals surface area contributed by atoms with E-state index in [9.17, 15) is 5.26 Å². The molecule has 0 heterocycles. The fourth-order valence-corrected chi connectivity index (χ4v) is 0.904. The van der Waals surface area contributed by atoms with Gasteiger partial charge in [0, 0.05) is 4.90 Å². The van der Waals surface area contributed by atoms with Gasteiger partial charge in [0.2, 0.25) is 0 Å². The molecule has 0 atom stereocenters. The van der Waals surface area contributed by atoms with Gasteiger partial charge in [0.15, 0.2) is 0 Å². The first-order valence-corrected chi connectivity index (χ1v) is 3.36. The summed E-state index contributed by atoms with van der Waals surface area (Å²) >= 11 is 0.886. The summed E-state index contributed by atoms with van der Waals surface area (Å²) in [4.78, 5) is 0.832. The lowest BCUT2D eigenvalue weighted by Gasteiger charge is -2.02. The molecule has 0 aliphatic rings. The molecule has 0 amide bonds. The van der Waals surface area contributed by atoms with E-state index in [0.717, 1.165) is 16.9 Å². The molecule has 0 radical (unpaired) electrons. The summed E-state index contributed by atoms with van der Waals surface area (Å²) in [6, 6.07) is 9.18. The third kappa shape index (κ3) is 2.36. The van der Waals surface area contributed by atoms with Crippen molar-refractivity contribution < 1.29 is 14.6 Å². The quantitative estimate of drug-likeness (QED) is 0.371. The van der Waals surface area contributed by atoms with Crippen LogP contribution < -0.4 is 5.26 Å². The molecule has 1 aromatic rings. The smallest absolute Gasteiger partial charge is 0.0674 e. The van der Waals surface area contributed by atoms with E-state index in [-0.39, 0.29) is 0 Å². The summed E-state index contributed by atoms with van der Waals surface area (Å²) in [5.74, 6) is 0. The Morgan fingerprint density at radius 1 is 1.20 bits per heavy atom. The molecule has 54 valence electrons. The van der Waals surface area contributed by atoms with Crippen molar-refractivity contribution in [3.05, 3.63) is 30.3 Å². The van der Waals surface area contributed by atoms with Crippen LogP contribution in [0.1, 0.15) is 0 Å². The fraction of sp³-hybridized carbons (Fsp3) is 0. The zero-order chi connectivity index (χ0) is 7.23. The number of hydrogen-bond acceptors (Lipinski definition) is 4. The summed E-state index contributed by atoms with van der Waals surface area (Å²) in [5.41, 5.74) is 0. The van der Waals surface area contributed by atoms with Gasteiger partial charge in [0.05, 0.1) is 12.0 Å². The standard InChI is InChI=1S/C6H6O3S/c7-8-9-10-6-4-2-1-3-5-6/h1-5,7H/p-1. The Morgan fingerprint density at radius 2 is 1.90 bits per heavy atom. The van der Waals surface area contributed by atoms with Crippen LogP contribution in [-0.4, -0.2) is 0 Å². The van der Waals surface area contributed by atoms with Gasteiger partial charge in [-0.1, -0.05) is 18.2 Å². The van der Waals surface area contributed by atoms with Gasteiger partial charge in [-0.2, -0.15) is 4.33 Å².